The van der Waals surface area contributed by atoms with Crippen LogP contribution in [0.3, 0.4) is 0 Å². The summed E-state index contributed by atoms with van der Waals surface area (Å²) in [5.41, 5.74) is 2.66. The zero-order valence-electron chi connectivity index (χ0n) is 17.0. The quantitative estimate of drug-likeness (QED) is 0.763. The maximum Gasteiger partial charge on any atom is 0.355 e. The number of carbonyl (C=O) groups is 2. The molecule has 2 N–H and O–H groups in total. The minimum Gasteiger partial charge on any atom is -0.461 e. The van der Waals surface area contributed by atoms with Crippen LogP contribution in [0.4, 0.5) is 0 Å². The number of carbonyl (C=O) groups excluding carboxylic acids is 2. The van der Waals surface area contributed by atoms with E-state index in [1.165, 1.54) is 38.5 Å². The molecule has 0 aliphatic heterocycles. The number of hydrogen-bond acceptors (Lipinski definition) is 3. The fourth-order valence-electron chi connectivity index (χ4n) is 6.63. The molecule has 27 heavy (non-hydrogen) atoms. The van der Waals surface area contributed by atoms with Crippen molar-refractivity contribution in [2.24, 2.45) is 23.2 Å². The van der Waals surface area contributed by atoms with Crippen LogP contribution in [0.1, 0.15) is 84.5 Å². The predicted octanol–water partition coefficient (Wildman–Crippen LogP) is 4.14. The van der Waals surface area contributed by atoms with Gasteiger partial charge in [0.05, 0.1) is 12.2 Å². The number of ether oxygens (including phenoxy) is 1. The smallest absolute Gasteiger partial charge is 0.355 e. The highest BCUT2D eigenvalue weighted by atomic mass is 16.5. The Balaban J connectivity index is 1.52. The standard InChI is InChI=1S/C22H32N2O3/c1-5-27-21(26)19-12(2)18(13(3)23-19)20(25)24-14(4)22-9-15-6-16(10-22)8-17(7-15)11-22/h14-17,23H,5-11H2,1-4H3,(H,24,25). The Morgan fingerprint density at radius 3 is 2.22 bits per heavy atom. The fraction of sp³-hybridized carbons (Fsp3) is 0.727. The number of nitrogens with one attached hydrogen (secondary N) is 2. The van der Waals surface area contributed by atoms with Gasteiger partial charge < -0.3 is 15.0 Å². The molecule has 1 amide bonds. The summed E-state index contributed by atoms with van der Waals surface area (Å²) in [5, 5.41) is 3.31. The molecule has 4 fully saturated rings. The first-order valence-corrected chi connectivity index (χ1v) is 10.5. The van der Waals surface area contributed by atoms with Crippen molar-refractivity contribution in [2.75, 3.05) is 6.61 Å². The Morgan fingerprint density at radius 2 is 1.70 bits per heavy atom. The second kappa shape index (κ2) is 6.68. The normalized spacial score (nSPS) is 32.4. The Morgan fingerprint density at radius 1 is 1.15 bits per heavy atom. The van der Waals surface area contributed by atoms with Gasteiger partial charge in [-0.2, -0.15) is 0 Å². The highest BCUT2D eigenvalue weighted by Crippen LogP contribution is 2.61. The van der Waals surface area contributed by atoms with Gasteiger partial charge in [0.15, 0.2) is 0 Å². The van der Waals surface area contributed by atoms with E-state index in [9.17, 15) is 9.59 Å². The number of aryl methyl sites for hydroxylation is 1. The summed E-state index contributed by atoms with van der Waals surface area (Å²) in [7, 11) is 0. The molecule has 0 radical (unpaired) electrons. The van der Waals surface area contributed by atoms with E-state index in [1.54, 1.807) is 6.92 Å². The van der Waals surface area contributed by atoms with Gasteiger partial charge in [0.25, 0.3) is 5.91 Å². The van der Waals surface area contributed by atoms with Crippen LogP contribution >= 0.6 is 0 Å². The molecular weight excluding hydrogens is 340 g/mol. The van der Waals surface area contributed by atoms with Crippen LogP contribution in [0.25, 0.3) is 0 Å². The van der Waals surface area contributed by atoms with Crippen LogP contribution in [0.5, 0.6) is 0 Å². The minimum atomic E-state index is -0.397. The summed E-state index contributed by atoms with van der Waals surface area (Å²) in [6, 6.07) is 0.165. The monoisotopic (exact) mass is 372 g/mol. The fourth-order valence-corrected chi connectivity index (χ4v) is 6.63. The summed E-state index contributed by atoms with van der Waals surface area (Å²) in [4.78, 5) is 28.3. The molecule has 1 aromatic rings. The number of rotatable bonds is 5. The van der Waals surface area contributed by atoms with Crippen LogP contribution in [0.2, 0.25) is 0 Å². The van der Waals surface area contributed by atoms with Crippen molar-refractivity contribution in [1.82, 2.24) is 10.3 Å². The molecular formula is C22H32N2O3. The van der Waals surface area contributed by atoms with Crippen molar-refractivity contribution >= 4 is 11.9 Å². The molecule has 5 rings (SSSR count). The first kappa shape index (κ1) is 18.6. The van der Waals surface area contributed by atoms with Crippen molar-refractivity contribution < 1.29 is 14.3 Å². The average molecular weight is 373 g/mol. The van der Waals surface area contributed by atoms with Crippen LogP contribution in [0.15, 0.2) is 0 Å². The highest BCUT2D eigenvalue weighted by Gasteiger charge is 2.53. The van der Waals surface area contributed by atoms with Gasteiger partial charge in [0, 0.05) is 11.7 Å². The zero-order chi connectivity index (χ0) is 19.3. The van der Waals surface area contributed by atoms with Crippen molar-refractivity contribution in [3.8, 4) is 0 Å². The molecule has 1 heterocycles. The van der Waals surface area contributed by atoms with Gasteiger partial charge in [-0.3, -0.25) is 4.79 Å². The van der Waals surface area contributed by atoms with Gasteiger partial charge >= 0.3 is 5.97 Å². The van der Waals surface area contributed by atoms with Gasteiger partial charge in [-0.1, -0.05) is 0 Å². The van der Waals surface area contributed by atoms with Crippen LogP contribution in [-0.2, 0) is 4.74 Å². The minimum absolute atomic E-state index is 0.0694. The summed E-state index contributed by atoms with van der Waals surface area (Å²) in [5.74, 6) is 2.12. The predicted molar refractivity (Wildman–Crippen MR) is 104 cm³/mol. The maximum atomic E-state index is 13.1. The summed E-state index contributed by atoms with van der Waals surface area (Å²) in [6.45, 7) is 7.96. The number of aromatic amines is 1. The second-order valence-electron chi connectivity index (χ2n) is 9.32. The number of esters is 1. The van der Waals surface area contributed by atoms with E-state index in [0.29, 0.717) is 23.4 Å². The number of hydrogen-bond donors (Lipinski definition) is 2. The van der Waals surface area contributed by atoms with Crippen molar-refractivity contribution in [3.05, 3.63) is 22.5 Å². The lowest BCUT2D eigenvalue weighted by Gasteiger charge is -2.59. The lowest BCUT2D eigenvalue weighted by Crippen LogP contribution is -2.55. The Hall–Kier alpha value is -1.78. The zero-order valence-corrected chi connectivity index (χ0v) is 17.0. The lowest BCUT2D eigenvalue weighted by atomic mass is 9.48. The molecule has 1 aromatic heterocycles. The van der Waals surface area contributed by atoms with Gasteiger partial charge in [0.1, 0.15) is 5.69 Å². The largest absolute Gasteiger partial charge is 0.461 e. The molecule has 1 atom stereocenters. The number of amides is 1. The first-order valence-electron chi connectivity index (χ1n) is 10.5. The topological polar surface area (TPSA) is 71.2 Å². The van der Waals surface area contributed by atoms with Crippen LogP contribution in [0, 0.1) is 37.0 Å². The molecule has 1 unspecified atom stereocenters. The first-order chi connectivity index (χ1) is 12.8. The Kier molecular flexibility index (Phi) is 4.59. The molecule has 4 saturated carbocycles. The van der Waals surface area contributed by atoms with Gasteiger partial charge in [-0.15, -0.1) is 0 Å². The van der Waals surface area contributed by atoms with E-state index in [0.717, 1.165) is 23.4 Å². The molecule has 0 aromatic carbocycles. The third kappa shape index (κ3) is 3.09. The Labute approximate surface area is 161 Å². The molecule has 4 aliphatic rings. The van der Waals surface area contributed by atoms with E-state index in [1.807, 2.05) is 13.8 Å². The summed E-state index contributed by atoms with van der Waals surface area (Å²) < 4.78 is 5.10. The van der Waals surface area contributed by atoms with E-state index >= 15 is 0 Å². The summed E-state index contributed by atoms with van der Waals surface area (Å²) >= 11 is 0. The van der Waals surface area contributed by atoms with Crippen LogP contribution in [-0.4, -0.2) is 29.5 Å². The maximum absolute atomic E-state index is 13.1. The number of aromatic nitrogens is 1. The van der Waals surface area contributed by atoms with Crippen LogP contribution < -0.4 is 5.32 Å². The second-order valence-corrected chi connectivity index (χ2v) is 9.32. The van der Waals surface area contributed by atoms with Gasteiger partial charge in [0.2, 0.25) is 0 Å². The van der Waals surface area contributed by atoms with Gasteiger partial charge in [-0.25, -0.2) is 4.79 Å². The molecule has 0 spiro atoms. The average Bonchev–Trinajstić information content (AvgIpc) is 2.88. The third-order valence-corrected chi connectivity index (χ3v) is 7.50. The van der Waals surface area contributed by atoms with Crippen molar-refractivity contribution in [2.45, 2.75) is 72.3 Å². The van der Waals surface area contributed by atoms with Crippen molar-refractivity contribution in [3.63, 3.8) is 0 Å². The molecule has 5 heteroatoms. The SMILES string of the molecule is CCOC(=O)c1[nH]c(C)c(C(=O)NC(C)C23CC4CC(CC(C4)C2)C3)c1C. The molecule has 4 bridgehead atoms. The molecule has 4 aliphatic carbocycles. The molecule has 148 valence electrons. The molecule has 5 nitrogen and oxygen atoms in total. The lowest BCUT2D eigenvalue weighted by molar-refractivity contribution is -0.0688. The number of H-pyrrole nitrogens is 1. The Bertz CT molecular complexity index is 729. The van der Waals surface area contributed by atoms with E-state index in [4.69, 9.17) is 4.74 Å². The van der Waals surface area contributed by atoms with Gasteiger partial charge in [-0.05, 0) is 95.0 Å². The van der Waals surface area contributed by atoms with Crippen molar-refractivity contribution in [1.29, 1.82) is 0 Å². The summed E-state index contributed by atoms with van der Waals surface area (Å²) in [6.07, 6.45) is 8.00. The third-order valence-electron chi connectivity index (χ3n) is 7.50. The van der Waals surface area contributed by atoms with E-state index in [-0.39, 0.29) is 17.4 Å². The van der Waals surface area contributed by atoms with E-state index < -0.39 is 5.97 Å². The highest BCUT2D eigenvalue weighted by molar-refractivity contribution is 6.01. The van der Waals surface area contributed by atoms with E-state index in [2.05, 4.69) is 17.2 Å². The molecule has 0 saturated heterocycles.